The van der Waals surface area contributed by atoms with Crippen molar-refractivity contribution >= 4 is 17.7 Å². The predicted molar refractivity (Wildman–Crippen MR) is 126 cm³/mol. The van der Waals surface area contributed by atoms with Crippen LogP contribution < -0.4 is 20.1 Å². The number of nitrogen functional groups attached to an aromatic ring is 1. The Balaban J connectivity index is 1.85. The number of fused-ring (bicyclic) bond motifs is 1. The minimum Gasteiger partial charge on any atom is -0.479 e. The molecular weight excluding hydrogens is 497 g/mol. The van der Waals surface area contributed by atoms with Gasteiger partial charge in [0, 0.05) is 31.2 Å². The molecule has 4 atom stereocenters. The molecule has 0 amide bonds. The van der Waals surface area contributed by atoms with Crippen LogP contribution in [0.5, 0.6) is 11.5 Å². The summed E-state index contributed by atoms with van der Waals surface area (Å²) in [6, 6.07) is 9.40. The van der Waals surface area contributed by atoms with Gasteiger partial charge in [0.15, 0.2) is 11.9 Å². The van der Waals surface area contributed by atoms with E-state index in [0.29, 0.717) is 22.7 Å². The fourth-order valence-corrected chi connectivity index (χ4v) is 4.58. The fraction of sp³-hybridized carbons (Fsp3) is 0.435. The lowest BCUT2D eigenvalue weighted by molar-refractivity contribution is -0.923. The van der Waals surface area contributed by atoms with Gasteiger partial charge in [0.05, 0.1) is 11.3 Å². The molecule has 14 heteroatoms. The number of quaternary nitrogens is 1. The van der Waals surface area contributed by atoms with E-state index in [9.17, 15) is 18.3 Å². The quantitative estimate of drug-likeness (QED) is 0.307. The number of nitrogens with two attached hydrogens (primary N) is 1. The number of hydrogen-bond donors (Lipinski definition) is 2. The lowest BCUT2D eigenvalue weighted by atomic mass is 9.83. The fourth-order valence-electron chi connectivity index (χ4n) is 4.58. The molecule has 0 saturated carbocycles. The number of alkyl halides is 3. The van der Waals surface area contributed by atoms with Gasteiger partial charge in [0.1, 0.15) is 24.7 Å². The highest BCUT2D eigenvalue weighted by Gasteiger charge is 2.55. The number of aliphatic hydroxyl groups is 1. The largest absolute Gasteiger partial charge is 0.573 e. The molecule has 0 aliphatic carbocycles. The lowest BCUT2D eigenvalue weighted by Gasteiger charge is -2.49. The Morgan fingerprint density at radius 3 is 2.43 bits per heavy atom. The highest BCUT2D eigenvalue weighted by molar-refractivity contribution is 5.58. The van der Waals surface area contributed by atoms with Crippen molar-refractivity contribution in [2.24, 2.45) is 15.4 Å². The molecule has 2 aromatic carbocycles. The SMILES string of the molecule is COC(OC)[C@@]1(C)Oc2ccc(N)cc2[C@@H](N(C[N+]2(C)N=CN=N2)c2ccc(OC(F)(F)F)cc2)[C@@H]1O. The zero-order chi connectivity index (χ0) is 27.0. The molecule has 2 aliphatic heterocycles. The van der Waals surface area contributed by atoms with Gasteiger partial charge in [-0.15, -0.1) is 13.2 Å². The Morgan fingerprint density at radius 1 is 1.19 bits per heavy atom. The van der Waals surface area contributed by atoms with Gasteiger partial charge >= 0.3 is 6.36 Å². The average Bonchev–Trinajstić information content (AvgIpc) is 3.26. The smallest absolute Gasteiger partial charge is 0.479 e. The van der Waals surface area contributed by atoms with Gasteiger partial charge < -0.3 is 34.7 Å². The van der Waals surface area contributed by atoms with Gasteiger partial charge in [-0.3, -0.25) is 0 Å². The zero-order valence-corrected chi connectivity index (χ0v) is 20.6. The minimum absolute atomic E-state index is 0.0378. The van der Waals surface area contributed by atoms with Crippen LogP contribution in [0.3, 0.4) is 0 Å². The maximum absolute atomic E-state index is 12.7. The van der Waals surface area contributed by atoms with E-state index in [1.807, 2.05) is 0 Å². The molecule has 0 spiro atoms. The molecule has 3 N–H and O–H groups in total. The van der Waals surface area contributed by atoms with Crippen LogP contribution in [0.25, 0.3) is 0 Å². The summed E-state index contributed by atoms with van der Waals surface area (Å²) in [5.41, 5.74) is 6.09. The standard InChI is InChI=1S/C23H28F3N6O5/c1-22(21(34-3)35-4)20(33)19(17-11-14(27)5-10-18(17)37-22)31(13-32(2)29-12-28-30-32)15-6-8-16(9-7-15)36-23(24,25)26/h5-12,19-21,33H,13,27H2,1-4H3/q+1/t19-,20+,22+,32?/m1/s1. The number of halogens is 3. The van der Waals surface area contributed by atoms with Crippen molar-refractivity contribution in [2.75, 3.05) is 38.6 Å². The molecule has 37 heavy (non-hydrogen) atoms. The van der Waals surface area contributed by atoms with Crippen molar-refractivity contribution in [3.05, 3.63) is 48.0 Å². The molecular formula is C23H28F3N6O5+. The summed E-state index contributed by atoms with van der Waals surface area (Å²) in [7, 11) is 4.52. The summed E-state index contributed by atoms with van der Waals surface area (Å²) < 4.78 is 59.1. The molecule has 11 nitrogen and oxygen atoms in total. The highest BCUT2D eigenvalue weighted by atomic mass is 19.4. The third kappa shape index (κ3) is 5.32. The van der Waals surface area contributed by atoms with Crippen LogP contribution in [-0.4, -0.2) is 68.4 Å². The van der Waals surface area contributed by atoms with Crippen molar-refractivity contribution < 1.29 is 41.9 Å². The van der Waals surface area contributed by atoms with Crippen LogP contribution in [0.15, 0.2) is 57.9 Å². The maximum Gasteiger partial charge on any atom is 0.573 e. The van der Waals surface area contributed by atoms with Crippen molar-refractivity contribution in [3.63, 3.8) is 0 Å². The summed E-state index contributed by atoms with van der Waals surface area (Å²) in [5, 5.41) is 24.1. The number of aliphatic hydroxyl groups excluding tert-OH is 1. The normalized spacial score (nSPS) is 26.7. The van der Waals surface area contributed by atoms with Crippen molar-refractivity contribution in [1.29, 1.82) is 0 Å². The molecule has 1 unspecified atom stereocenters. The summed E-state index contributed by atoms with van der Waals surface area (Å²) in [6.45, 7) is 1.68. The summed E-state index contributed by atoms with van der Waals surface area (Å²) >= 11 is 0. The molecule has 0 bridgehead atoms. The topological polar surface area (TPSA) is 123 Å². The monoisotopic (exact) mass is 525 g/mol. The van der Waals surface area contributed by atoms with Gasteiger partial charge in [0.2, 0.25) is 13.0 Å². The molecule has 200 valence electrons. The Kier molecular flexibility index (Phi) is 7.03. The second-order valence-electron chi connectivity index (χ2n) is 8.95. The van der Waals surface area contributed by atoms with E-state index in [2.05, 4.69) is 20.2 Å². The third-order valence-corrected chi connectivity index (χ3v) is 6.22. The first-order valence-corrected chi connectivity index (χ1v) is 11.2. The summed E-state index contributed by atoms with van der Waals surface area (Å²) in [5.74, 6) is 0.0265. The summed E-state index contributed by atoms with van der Waals surface area (Å²) in [6.07, 6.45) is -5.81. The molecule has 0 radical (unpaired) electrons. The minimum atomic E-state index is -4.84. The van der Waals surface area contributed by atoms with Crippen molar-refractivity contribution in [3.8, 4) is 11.5 Å². The van der Waals surface area contributed by atoms with Crippen LogP contribution >= 0.6 is 0 Å². The van der Waals surface area contributed by atoms with Gasteiger partial charge in [-0.2, -0.15) is 0 Å². The predicted octanol–water partition coefficient (Wildman–Crippen LogP) is 3.57. The number of benzene rings is 2. The Hall–Kier alpha value is -3.46. The van der Waals surface area contributed by atoms with Crippen LogP contribution in [0.4, 0.5) is 24.5 Å². The van der Waals surface area contributed by atoms with Crippen molar-refractivity contribution in [2.45, 2.75) is 37.3 Å². The number of anilines is 2. The van der Waals surface area contributed by atoms with Crippen LogP contribution in [0.1, 0.15) is 18.5 Å². The first-order chi connectivity index (χ1) is 17.4. The highest BCUT2D eigenvalue weighted by Crippen LogP contribution is 2.47. The third-order valence-electron chi connectivity index (χ3n) is 6.22. The molecule has 0 aromatic heterocycles. The van der Waals surface area contributed by atoms with E-state index in [4.69, 9.17) is 19.9 Å². The number of hydrogen-bond acceptors (Lipinski definition) is 10. The van der Waals surface area contributed by atoms with Gasteiger partial charge in [-0.25, -0.2) is 0 Å². The van der Waals surface area contributed by atoms with E-state index >= 15 is 0 Å². The number of rotatable bonds is 8. The maximum atomic E-state index is 12.7. The van der Waals surface area contributed by atoms with Crippen LogP contribution in [0.2, 0.25) is 0 Å². The van der Waals surface area contributed by atoms with Gasteiger partial charge in [-0.05, 0) is 59.2 Å². The Bertz CT molecular complexity index is 1160. The second-order valence-corrected chi connectivity index (χ2v) is 8.95. The van der Waals surface area contributed by atoms with E-state index in [0.717, 1.165) is 0 Å². The zero-order valence-electron chi connectivity index (χ0n) is 20.6. The van der Waals surface area contributed by atoms with E-state index in [1.165, 1.54) is 44.8 Å². The first kappa shape index (κ1) is 26.6. The Labute approximate surface area is 211 Å². The molecule has 2 heterocycles. The first-order valence-electron chi connectivity index (χ1n) is 11.2. The van der Waals surface area contributed by atoms with E-state index in [-0.39, 0.29) is 11.4 Å². The second kappa shape index (κ2) is 9.78. The molecule has 4 rings (SSSR count). The number of ether oxygens (including phenoxy) is 4. The summed E-state index contributed by atoms with van der Waals surface area (Å²) in [4.78, 5) is 1.74. The van der Waals surface area contributed by atoms with Gasteiger partial charge in [-0.1, -0.05) is 5.11 Å². The lowest BCUT2D eigenvalue weighted by Crippen LogP contribution is -2.63. The van der Waals surface area contributed by atoms with Crippen molar-refractivity contribution in [1.82, 2.24) is 0 Å². The number of methoxy groups -OCH3 is 2. The molecule has 2 aromatic rings. The van der Waals surface area contributed by atoms with Gasteiger partial charge in [0.25, 0.3) is 0 Å². The van der Waals surface area contributed by atoms with Crippen LogP contribution in [0, 0.1) is 0 Å². The average molecular weight is 526 g/mol. The molecule has 0 fully saturated rings. The Morgan fingerprint density at radius 2 is 1.86 bits per heavy atom. The molecule has 0 saturated heterocycles. The van der Waals surface area contributed by atoms with E-state index < -0.39 is 36.1 Å². The molecule has 2 aliphatic rings. The van der Waals surface area contributed by atoms with E-state index in [1.54, 1.807) is 37.1 Å². The number of nitrogens with zero attached hydrogens (tertiary/aromatic N) is 5. The van der Waals surface area contributed by atoms with Crippen LogP contribution in [-0.2, 0) is 9.47 Å².